The molecule has 1 aromatic carbocycles. The molecule has 0 unspecified atom stereocenters. The van der Waals surface area contributed by atoms with Gasteiger partial charge >= 0.3 is 11.7 Å². The first-order valence-electron chi connectivity index (χ1n) is 7.69. The van der Waals surface area contributed by atoms with Crippen LogP contribution >= 0.6 is 0 Å². The molecule has 0 saturated heterocycles. The third-order valence-electron chi connectivity index (χ3n) is 4.32. The predicted octanol–water partition coefficient (Wildman–Crippen LogP) is 0.0593. The Balaban J connectivity index is 1.66. The molecule has 0 aliphatic heterocycles. The molecule has 8 nitrogen and oxygen atoms in total. The highest BCUT2D eigenvalue weighted by molar-refractivity contribution is 5.79. The zero-order valence-corrected chi connectivity index (χ0v) is 12.8. The molecule has 1 aliphatic carbocycles. The van der Waals surface area contributed by atoms with Gasteiger partial charge in [-0.15, -0.1) is 0 Å². The van der Waals surface area contributed by atoms with Gasteiger partial charge in [-0.2, -0.15) is 0 Å². The fourth-order valence-electron chi connectivity index (χ4n) is 2.91. The monoisotopic (exact) mass is 331 g/mol. The van der Waals surface area contributed by atoms with Crippen LogP contribution in [-0.2, 0) is 16.1 Å². The number of aromatic amines is 1. The summed E-state index contributed by atoms with van der Waals surface area (Å²) in [6, 6.07) is 6.58. The van der Waals surface area contributed by atoms with Crippen molar-refractivity contribution in [2.24, 2.45) is 5.92 Å². The molecule has 1 saturated carbocycles. The Morgan fingerprint density at radius 3 is 2.67 bits per heavy atom. The van der Waals surface area contributed by atoms with E-state index in [1.54, 1.807) is 24.3 Å². The Kier molecular flexibility index (Phi) is 4.20. The van der Waals surface area contributed by atoms with Crippen molar-refractivity contribution in [1.82, 2.24) is 14.9 Å². The van der Waals surface area contributed by atoms with E-state index in [9.17, 15) is 19.2 Å². The van der Waals surface area contributed by atoms with Crippen molar-refractivity contribution in [1.29, 1.82) is 0 Å². The minimum atomic E-state index is -0.841. The Morgan fingerprint density at radius 2 is 1.96 bits per heavy atom. The molecule has 0 atom stereocenters. The van der Waals surface area contributed by atoms with Gasteiger partial charge in [0.05, 0.1) is 16.8 Å². The number of aromatic nitrogens is 2. The minimum absolute atomic E-state index is 0.0736. The SMILES string of the molecule is O=C(CCn1c(=O)[nH]c(=O)c2ccccc21)NC1CC(C(=O)O)C1. The van der Waals surface area contributed by atoms with Gasteiger partial charge in [-0.1, -0.05) is 12.1 Å². The molecule has 24 heavy (non-hydrogen) atoms. The molecule has 1 aliphatic rings. The van der Waals surface area contributed by atoms with Crippen molar-refractivity contribution in [3.63, 3.8) is 0 Å². The Hall–Kier alpha value is -2.90. The molecular formula is C16H17N3O5. The van der Waals surface area contributed by atoms with Gasteiger partial charge in [0.1, 0.15) is 0 Å². The number of carboxylic acids is 1. The molecular weight excluding hydrogens is 314 g/mol. The van der Waals surface area contributed by atoms with Gasteiger partial charge in [-0.3, -0.25) is 23.9 Å². The number of amides is 1. The Morgan fingerprint density at radius 1 is 1.25 bits per heavy atom. The number of H-pyrrole nitrogens is 1. The standard InChI is InChI=1S/C16H17N3O5/c20-13(17-10-7-9(8-10)15(22)23)5-6-19-12-4-2-1-3-11(12)14(21)18-16(19)24/h1-4,9-10H,5-8H2,(H,17,20)(H,22,23)(H,18,21,24). The minimum Gasteiger partial charge on any atom is -0.481 e. The van der Waals surface area contributed by atoms with Crippen LogP contribution in [0.1, 0.15) is 19.3 Å². The summed E-state index contributed by atoms with van der Waals surface area (Å²) in [5.74, 6) is -1.47. The third kappa shape index (κ3) is 3.08. The number of aliphatic carboxylic acids is 1. The molecule has 0 radical (unpaired) electrons. The van der Waals surface area contributed by atoms with Gasteiger partial charge in [0.15, 0.2) is 0 Å². The van der Waals surface area contributed by atoms with Gasteiger partial charge in [0.25, 0.3) is 5.56 Å². The number of carbonyl (C=O) groups excluding carboxylic acids is 1. The average molecular weight is 331 g/mol. The first-order chi connectivity index (χ1) is 11.5. The van der Waals surface area contributed by atoms with E-state index >= 15 is 0 Å². The number of benzene rings is 1. The lowest BCUT2D eigenvalue weighted by Crippen LogP contribution is -2.47. The fourth-order valence-corrected chi connectivity index (χ4v) is 2.91. The van der Waals surface area contributed by atoms with E-state index in [2.05, 4.69) is 10.3 Å². The van der Waals surface area contributed by atoms with Gasteiger partial charge in [0, 0.05) is 19.0 Å². The fraction of sp³-hybridized carbons (Fsp3) is 0.375. The number of hydrogen-bond acceptors (Lipinski definition) is 4. The Bertz CT molecular complexity index is 908. The molecule has 8 heteroatoms. The first-order valence-corrected chi connectivity index (χ1v) is 7.69. The summed E-state index contributed by atoms with van der Waals surface area (Å²) in [4.78, 5) is 48.7. The van der Waals surface area contributed by atoms with Crippen molar-refractivity contribution < 1.29 is 14.7 Å². The predicted molar refractivity (Wildman–Crippen MR) is 85.7 cm³/mol. The van der Waals surface area contributed by atoms with Crippen molar-refractivity contribution in [3.8, 4) is 0 Å². The lowest BCUT2D eigenvalue weighted by Gasteiger charge is -2.32. The van der Waals surface area contributed by atoms with Crippen molar-refractivity contribution in [2.45, 2.75) is 31.8 Å². The number of rotatable bonds is 5. The number of carbonyl (C=O) groups is 2. The van der Waals surface area contributed by atoms with Crippen LogP contribution < -0.4 is 16.6 Å². The summed E-state index contributed by atoms with van der Waals surface area (Å²) in [5, 5.41) is 12.0. The molecule has 3 rings (SSSR count). The largest absolute Gasteiger partial charge is 0.481 e. The van der Waals surface area contributed by atoms with E-state index in [1.807, 2.05) is 0 Å². The second kappa shape index (κ2) is 6.31. The molecule has 1 heterocycles. The first kappa shape index (κ1) is 16.0. The smallest absolute Gasteiger partial charge is 0.328 e. The molecule has 3 N–H and O–H groups in total. The second-order valence-corrected chi connectivity index (χ2v) is 5.95. The van der Waals surface area contributed by atoms with E-state index in [-0.39, 0.29) is 30.8 Å². The number of para-hydroxylation sites is 1. The van der Waals surface area contributed by atoms with E-state index < -0.39 is 17.2 Å². The third-order valence-corrected chi connectivity index (χ3v) is 4.32. The zero-order chi connectivity index (χ0) is 17.3. The van der Waals surface area contributed by atoms with Crippen LogP contribution in [0, 0.1) is 5.92 Å². The average Bonchev–Trinajstić information content (AvgIpc) is 2.50. The van der Waals surface area contributed by atoms with Crippen LogP contribution in [0.2, 0.25) is 0 Å². The molecule has 0 spiro atoms. The van der Waals surface area contributed by atoms with Gasteiger partial charge in [-0.05, 0) is 25.0 Å². The van der Waals surface area contributed by atoms with Gasteiger partial charge in [0.2, 0.25) is 5.91 Å². The number of hydrogen-bond donors (Lipinski definition) is 3. The molecule has 1 aromatic heterocycles. The van der Waals surface area contributed by atoms with Crippen LogP contribution in [0.15, 0.2) is 33.9 Å². The van der Waals surface area contributed by atoms with Crippen LogP contribution in [0.4, 0.5) is 0 Å². The van der Waals surface area contributed by atoms with Crippen molar-refractivity contribution in [2.75, 3.05) is 0 Å². The molecule has 2 aromatic rings. The lowest BCUT2D eigenvalue weighted by molar-refractivity contribution is -0.146. The lowest BCUT2D eigenvalue weighted by atomic mass is 9.80. The summed E-state index contributed by atoms with van der Waals surface area (Å²) < 4.78 is 1.36. The normalized spacial score (nSPS) is 19.7. The molecule has 126 valence electrons. The maximum absolute atomic E-state index is 12.0. The quantitative estimate of drug-likeness (QED) is 0.715. The second-order valence-electron chi connectivity index (χ2n) is 5.95. The summed E-state index contributed by atoms with van der Waals surface area (Å²) in [7, 11) is 0. The van der Waals surface area contributed by atoms with E-state index in [0.29, 0.717) is 23.7 Å². The number of fused-ring (bicyclic) bond motifs is 1. The zero-order valence-electron chi connectivity index (χ0n) is 12.8. The summed E-state index contributed by atoms with van der Waals surface area (Å²) in [5.41, 5.74) is -0.528. The van der Waals surface area contributed by atoms with Crippen LogP contribution in [0.3, 0.4) is 0 Å². The van der Waals surface area contributed by atoms with Gasteiger partial charge < -0.3 is 10.4 Å². The summed E-state index contributed by atoms with van der Waals surface area (Å²) >= 11 is 0. The number of carboxylic acid groups (broad SMARTS) is 1. The summed E-state index contributed by atoms with van der Waals surface area (Å²) in [6.45, 7) is 0.136. The number of nitrogens with zero attached hydrogens (tertiary/aromatic N) is 1. The highest BCUT2D eigenvalue weighted by Crippen LogP contribution is 2.27. The van der Waals surface area contributed by atoms with E-state index in [1.165, 1.54) is 4.57 Å². The number of aryl methyl sites for hydroxylation is 1. The number of nitrogens with one attached hydrogen (secondary N) is 2. The molecule has 0 bridgehead atoms. The molecule has 1 amide bonds. The maximum Gasteiger partial charge on any atom is 0.328 e. The van der Waals surface area contributed by atoms with Crippen LogP contribution in [0.25, 0.3) is 10.9 Å². The highest BCUT2D eigenvalue weighted by Gasteiger charge is 2.35. The topological polar surface area (TPSA) is 121 Å². The van der Waals surface area contributed by atoms with Crippen LogP contribution in [-0.4, -0.2) is 32.6 Å². The maximum atomic E-state index is 12.0. The summed E-state index contributed by atoms with van der Waals surface area (Å²) in [6.07, 6.45) is 0.940. The highest BCUT2D eigenvalue weighted by atomic mass is 16.4. The molecule has 1 fully saturated rings. The van der Waals surface area contributed by atoms with Crippen molar-refractivity contribution in [3.05, 3.63) is 45.1 Å². The Labute approximate surface area is 136 Å². The van der Waals surface area contributed by atoms with E-state index in [4.69, 9.17) is 5.11 Å². The van der Waals surface area contributed by atoms with Crippen LogP contribution in [0.5, 0.6) is 0 Å². The van der Waals surface area contributed by atoms with Gasteiger partial charge in [-0.25, -0.2) is 4.79 Å². The van der Waals surface area contributed by atoms with Crippen molar-refractivity contribution >= 4 is 22.8 Å². The van der Waals surface area contributed by atoms with E-state index in [0.717, 1.165) is 0 Å².